The summed E-state index contributed by atoms with van der Waals surface area (Å²) in [6, 6.07) is 6.11. The highest BCUT2D eigenvalue weighted by molar-refractivity contribution is 5.78. The number of likely N-dealkylation sites (tertiary alicyclic amines) is 1. The molecule has 1 fully saturated rings. The Morgan fingerprint density at radius 3 is 3.16 bits per heavy atom. The van der Waals surface area contributed by atoms with Crippen LogP contribution in [0.4, 0.5) is 0 Å². The molecule has 1 aromatic carbocycles. The van der Waals surface area contributed by atoms with Crippen molar-refractivity contribution in [2.24, 2.45) is 5.92 Å². The lowest BCUT2D eigenvalue weighted by Crippen LogP contribution is -2.27. The van der Waals surface area contributed by atoms with Crippen LogP contribution in [0.1, 0.15) is 12.0 Å². The largest absolute Gasteiger partial charge is 0.396 e. The maximum Gasteiger partial charge on any atom is 0.223 e. The second-order valence-corrected chi connectivity index (χ2v) is 5.10. The second-order valence-electron chi connectivity index (χ2n) is 5.10. The molecule has 0 aliphatic carbocycles. The average molecular weight is 259 g/mol. The summed E-state index contributed by atoms with van der Waals surface area (Å²) in [5.41, 5.74) is 3.18. The molecule has 2 heterocycles. The minimum Gasteiger partial charge on any atom is -0.396 e. The van der Waals surface area contributed by atoms with Gasteiger partial charge in [-0.3, -0.25) is 4.79 Å². The number of amides is 1. The van der Waals surface area contributed by atoms with Crippen LogP contribution in [0.25, 0.3) is 11.0 Å². The number of hydrogen-bond acceptors (Lipinski definition) is 3. The predicted octanol–water partition coefficient (Wildman–Crippen LogP) is 0.946. The Hall–Kier alpha value is -1.88. The fourth-order valence-electron chi connectivity index (χ4n) is 2.59. The standard InChI is InChI=1S/C14H17N3O2/c18-8-11-6-14(19)17(7-11)4-3-10-1-2-12-13(5-10)16-9-15-12/h1-2,5,9,11,18H,3-4,6-8H2,(H,15,16). The Kier molecular flexibility index (Phi) is 3.21. The van der Waals surface area contributed by atoms with Gasteiger partial charge in [0.2, 0.25) is 5.91 Å². The molecule has 2 aromatic rings. The van der Waals surface area contributed by atoms with E-state index < -0.39 is 0 Å². The Morgan fingerprint density at radius 1 is 1.47 bits per heavy atom. The van der Waals surface area contributed by atoms with Crippen molar-refractivity contribution >= 4 is 16.9 Å². The first-order chi connectivity index (χ1) is 9.26. The zero-order chi connectivity index (χ0) is 13.2. The fourth-order valence-corrected chi connectivity index (χ4v) is 2.59. The molecule has 1 unspecified atom stereocenters. The Labute approximate surface area is 111 Å². The zero-order valence-corrected chi connectivity index (χ0v) is 10.7. The predicted molar refractivity (Wildman–Crippen MR) is 71.6 cm³/mol. The van der Waals surface area contributed by atoms with Crippen molar-refractivity contribution in [1.29, 1.82) is 0 Å². The van der Waals surface area contributed by atoms with Crippen molar-refractivity contribution < 1.29 is 9.90 Å². The first-order valence-electron chi connectivity index (χ1n) is 6.57. The minimum absolute atomic E-state index is 0.0995. The maximum absolute atomic E-state index is 11.7. The van der Waals surface area contributed by atoms with E-state index in [1.54, 1.807) is 6.33 Å². The molecule has 19 heavy (non-hydrogen) atoms. The van der Waals surface area contributed by atoms with Gasteiger partial charge in [-0.25, -0.2) is 4.98 Å². The van der Waals surface area contributed by atoms with E-state index in [4.69, 9.17) is 5.11 Å². The van der Waals surface area contributed by atoms with E-state index in [9.17, 15) is 4.79 Å². The number of carbonyl (C=O) groups excluding carboxylic acids is 1. The molecule has 1 saturated heterocycles. The SMILES string of the molecule is O=C1CC(CO)CN1CCc1ccc2nc[nH]c2c1. The topological polar surface area (TPSA) is 69.2 Å². The first kappa shape index (κ1) is 12.2. The number of aliphatic hydroxyl groups is 1. The van der Waals surface area contributed by atoms with E-state index in [2.05, 4.69) is 16.0 Å². The van der Waals surface area contributed by atoms with Gasteiger partial charge in [0.05, 0.1) is 17.4 Å². The first-order valence-corrected chi connectivity index (χ1v) is 6.57. The average Bonchev–Trinajstić information content (AvgIpc) is 3.02. The third-order valence-electron chi connectivity index (χ3n) is 3.71. The number of hydrogen-bond donors (Lipinski definition) is 2. The summed E-state index contributed by atoms with van der Waals surface area (Å²) in [6.07, 6.45) is 3.00. The number of aliphatic hydroxyl groups excluding tert-OH is 1. The fraction of sp³-hybridized carbons (Fsp3) is 0.429. The van der Waals surface area contributed by atoms with Crippen LogP contribution in [0, 0.1) is 5.92 Å². The third-order valence-corrected chi connectivity index (χ3v) is 3.71. The number of carbonyl (C=O) groups is 1. The molecule has 0 saturated carbocycles. The summed E-state index contributed by atoms with van der Waals surface area (Å²) in [4.78, 5) is 20.9. The molecule has 0 bridgehead atoms. The zero-order valence-electron chi connectivity index (χ0n) is 10.7. The van der Waals surface area contributed by atoms with Gasteiger partial charge >= 0.3 is 0 Å². The molecule has 2 N–H and O–H groups in total. The number of fused-ring (bicyclic) bond motifs is 1. The number of benzene rings is 1. The number of rotatable bonds is 4. The third kappa shape index (κ3) is 2.46. The number of nitrogens with one attached hydrogen (secondary N) is 1. The van der Waals surface area contributed by atoms with Gasteiger partial charge in [0, 0.05) is 32.0 Å². The Bertz CT molecular complexity index is 593. The highest BCUT2D eigenvalue weighted by atomic mass is 16.3. The summed E-state index contributed by atoms with van der Waals surface area (Å²) in [7, 11) is 0. The van der Waals surface area contributed by atoms with Crippen LogP contribution in [0.2, 0.25) is 0 Å². The molecular formula is C14H17N3O2. The quantitative estimate of drug-likeness (QED) is 0.858. The summed E-state index contributed by atoms with van der Waals surface area (Å²) >= 11 is 0. The summed E-state index contributed by atoms with van der Waals surface area (Å²) in [5, 5.41) is 9.09. The van der Waals surface area contributed by atoms with Gasteiger partial charge in [0.15, 0.2) is 0 Å². The Balaban J connectivity index is 1.64. The molecule has 1 aliphatic heterocycles. The van der Waals surface area contributed by atoms with E-state index in [-0.39, 0.29) is 18.4 Å². The molecule has 5 nitrogen and oxygen atoms in total. The number of aromatic amines is 1. The van der Waals surface area contributed by atoms with Crippen LogP contribution in [0.15, 0.2) is 24.5 Å². The van der Waals surface area contributed by atoms with Crippen molar-refractivity contribution in [3.63, 3.8) is 0 Å². The highest BCUT2D eigenvalue weighted by Crippen LogP contribution is 2.18. The van der Waals surface area contributed by atoms with Crippen molar-refractivity contribution in [2.45, 2.75) is 12.8 Å². The number of imidazole rings is 1. The summed E-state index contributed by atoms with van der Waals surface area (Å²) in [5.74, 6) is 0.268. The van der Waals surface area contributed by atoms with Gasteiger partial charge in [-0.05, 0) is 24.1 Å². The van der Waals surface area contributed by atoms with Gasteiger partial charge in [0.1, 0.15) is 0 Å². The summed E-state index contributed by atoms with van der Waals surface area (Å²) in [6.45, 7) is 1.50. The lowest BCUT2D eigenvalue weighted by atomic mass is 10.1. The van der Waals surface area contributed by atoms with E-state index in [0.29, 0.717) is 13.0 Å². The molecule has 1 aromatic heterocycles. The normalized spacial score (nSPS) is 19.5. The molecule has 0 radical (unpaired) electrons. The van der Waals surface area contributed by atoms with Gasteiger partial charge in [0.25, 0.3) is 0 Å². The summed E-state index contributed by atoms with van der Waals surface area (Å²) < 4.78 is 0. The Morgan fingerprint density at radius 2 is 2.37 bits per heavy atom. The van der Waals surface area contributed by atoms with Crippen LogP contribution < -0.4 is 0 Å². The molecule has 1 atom stereocenters. The molecule has 100 valence electrons. The monoisotopic (exact) mass is 259 g/mol. The molecule has 5 heteroatoms. The molecule has 0 spiro atoms. The molecule has 1 aliphatic rings. The smallest absolute Gasteiger partial charge is 0.223 e. The van der Waals surface area contributed by atoms with E-state index in [1.807, 2.05) is 17.0 Å². The second kappa shape index (κ2) is 5.01. The van der Waals surface area contributed by atoms with Crippen LogP contribution in [0.5, 0.6) is 0 Å². The van der Waals surface area contributed by atoms with Gasteiger partial charge < -0.3 is 15.0 Å². The lowest BCUT2D eigenvalue weighted by Gasteiger charge is -2.16. The van der Waals surface area contributed by atoms with Crippen LogP contribution >= 0.6 is 0 Å². The number of nitrogens with zero attached hydrogens (tertiary/aromatic N) is 2. The molecular weight excluding hydrogens is 242 g/mol. The number of H-pyrrole nitrogens is 1. The van der Waals surface area contributed by atoms with Gasteiger partial charge in [-0.1, -0.05) is 6.07 Å². The van der Waals surface area contributed by atoms with Crippen LogP contribution in [-0.2, 0) is 11.2 Å². The van der Waals surface area contributed by atoms with Crippen LogP contribution in [-0.4, -0.2) is 45.6 Å². The van der Waals surface area contributed by atoms with Crippen LogP contribution in [0.3, 0.4) is 0 Å². The highest BCUT2D eigenvalue weighted by Gasteiger charge is 2.28. The molecule has 1 amide bonds. The minimum atomic E-state index is 0.0995. The van der Waals surface area contributed by atoms with Gasteiger partial charge in [-0.15, -0.1) is 0 Å². The van der Waals surface area contributed by atoms with E-state index >= 15 is 0 Å². The lowest BCUT2D eigenvalue weighted by molar-refractivity contribution is -0.127. The van der Waals surface area contributed by atoms with E-state index in [0.717, 1.165) is 24.0 Å². The van der Waals surface area contributed by atoms with Crippen molar-refractivity contribution in [2.75, 3.05) is 19.7 Å². The van der Waals surface area contributed by atoms with Gasteiger partial charge in [-0.2, -0.15) is 0 Å². The maximum atomic E-state index is 11.7. The van der Waals surface area contributed by atoms with Crippen molar-refractivity contribution in [1.82, 2.24) is 14.9 Å². The number of aromatic nitrogens is 2. The van der Waals surface area contributed by atoms with Crippen molar-refractivity contribution in [3.05, 3.63) is 30.1 Å². The van der Waals surface area contributed by atoms with Crippen molar-refractivity contribution in [3.8, 4) is 0 Å². The van der Waals surface area contributed by atoms with E-state index in [1.165, 1.54) is 5.56 Å². The molecule has 3 rings (SSSR count).